The molecule has 3 aromatic rings. The molecule has 0 saturated carbocycles. The molecule has 0 aliphatic rings. The van der Waals surface area contributed by atoms with Crippen LogP contribution in [-0.4, -0.2) is 28.6 Å². The summed E-state index contributed by atoms with van der Waals surface area (Å²) in [6.07, 6.45) is 1.28. The summed E-state index contributed by atoms with van der Waals surface area (Å²) in [7, 11) is 0. The molecule has 7 nitrogen and oxygen atoms in total. The Hall–Kier alpha value is -2.52. The lowest BCUT2D eigenvalue weighted by Gasteiger charge is -2.05. The number of aromatic nitrogens is 2. The van der Waals surface area contributed by atoms with Crippen LogP contribution < -0.4 is 5.32 Å². The Kier molecular flexibility index (Phi) is 6.36. The highest BCUT2D eigenvalue weighted by Crippen LogP contribution is 2.29. The molecular weight excluding hydrogens is 386 g/mol. The van der Waals surface area contributed by atoms with Crippen LogP contribution in [0, 0.1) is 0 Å². The quantitative estimate of drug-likeness (QED) is 0.565. The summed E-state index contributed by atoms with van der Waals surface area (Å²) in [5.74, 6) is 0.276. The van der Waals surface area contributed by atoms with Gasteiger partial charge in [0.15, 0.2) is 0 Å². The second kappa shape index (κ2) is 8.92. The second-order valence-electron chi connectivity index (χ2n) is 5.57. The average Bonchev–Trinajstić information content (AvgIpc) is 3.40. The summed E-state index contributed by atoms with van der Waals surface area (Å²) in [4.78, 5) is 30.6. The molecule has 3 rings (SSSR count). The molecule has 0 atom stereocenters. The van der Waals surface area contributed by atoms with E-state index in [1.54, 1.807) is 13.0 Å². The number of anilines is 1. The summed E-state index contributed by atoms with van der Waals surface area (Å²) >= 11 is 2.90. The minimum atomic E-state index is -0.429. The molecule has 0 bridgehead atoms. The van der Waals surface area contributed by atoms with E-state index >= 15 is 0 Å². The second-order valence-corrected chi connectivity index (χ2v) is 7.65. The lowest BCUT2D eigenvalue weighted by molar-refractivity contribution is -0.116. The standard InChI is InChI=1S/C18H19N3O4S2/c1-3-11-10-12(18(23)24-4-2)17(27-11)19-14(22)7-8-15-20-16(21-25-15)13-6-5-9-26-13/h5-6,9-10H,3-4,7-8H2,1-2H3,(H,19,22). The zero-order valence-corrected chi connectivity index (χ0v) is 16.6. The van der Waals surface area contributed by atoms with Crippen molar-refractivity contribution in [3.63, 3.8) is 0 Å². The molecule has 0 spiro atoms. The van der Waals surface area contributed by atoms with Gasteiger partial charge >= 0.3 is 5.97 Å². The summed E-state index contributed by atoms with van der Waals surface area (Å²) in [5.41, 5.74) is 0.393. The fraction of sp³-hybridized carbons (Fsp3) is 0.333. The number of esters is 1. The van der Waals surface area contributed by atoms with E-state index < -0.39 is 5.97 Å². The smallest absolute Gasteiger partial charge is 0.341 e. The molecule has 3 aromatic heterocycles. The van der Waals surface area contributed by atoms with Crippen molar-refractivity contribution in [1.29, 1.82) is 0 Å². The van der Waals surface area contributed by atoms with Crippen LogP contribution >= 0.6 is 22.7 Å². The van der Waals surface area contributed by atoms with Crippen LogP contribution in [0.5, 0.6) is 0 Å². The zero-order valence-electron chi connectivity index (χ0n) is 15.0. The van der Waals surface area contributed by atoms with E-state index in [1.807, 2.05) is 24.4 Å². The number of aryl methyl sites for hydroxylation is 2. The zero-order chi connectivity index (χ0) is 19.2. The van der Waals surface area contributed by atoms with Gasteiger partial charge in [-0.25, -0.2) is 4.79 Å². The molecule has 0 saturated heterocycles. The van der Waals surface area contributed by atoms with Gasteiger partial charge in [-0.05, 0) is 30.9 Å². The maximum Gasteiger partial charge on any atom is 0.341 e. The molecule has 1 amide bonds. The van der Waals surface area contributed by atoms with Crippen LogP contribution in [0.4, 0.5) is 5.00 Å². The van der Waals surface area contributed by atoms with E-state index in [0.717, 1.165) is 16.2 Å². The molecule has 0 fully saturated rings. The Morgan fingerprint density at radius 3 is 2.89 bits per heavy atom. The predicted octanol–water partition coefficient (Wildman–Crippen LogP) is 4.17. The van der Waals surface area contributed by atoms with E-state index in [1.165, 1.54) is 22.7 Å². The van der Waals surface area contributed by atoms with Gasteiger partial charge in [-0.1, -0.05) is 18.1 Å². The van der Waals surface area contributed by atoms with Crippen LogP contribution in [0.25, 0.3) is 10.7 Å². The average molecular weight is 406 g/mol. The number of carbonyl (C=O) groups is 2. The summed E-state index contributed by atoms with van der Waals surface area (Å²) in [5, 5.41) is 9.18. The molecule has 3 heterocycles. The molecule has 27 heavy (non-hydrogen) atoms. The highest BCUT2D eigenvalue weighted by Gasteiger charge is 2.19. The van der Waals surface area contributed by atoms with E-state index in [0.29, 0.717) is 28.7 Å². The Bertz CT molecular complexity index is 915. The predicted molar refractivity (Wildman–Crippen MR) is 104 cm³/mol. The number of carbonyl (C=O) groups excluding carboxylic acids is 2. The minimum absolute atomic E-state index is 0.174. The van der Waals surface area contributed by atoms with Crippen LogP contribution in [0.1, 0.15) is 41.4 Å². The fourth-order valence-electron chi connectivity index (χ4n) is 2.34. The van der Waals surface area contributed by atoms with E-state index in [4.69, 9.17) is 9.26 Å². The van der Waals surface area contributed by atoms with Crippen molar-refractivity contribution >= 4 is 39.6 Å². The number of hydrogen-bond donors (Lipinski definition) is 1. The molecule has 0 aromatic carbocycles. The highest BCUT2D eigenvalue weighted by molar-refractivity contribution is 7.16. The number of nitrogens with one attached hydrogen (secondary N) is 1. The largest absolute Gasteiger partial charge is 0.462 e. The van der Waals surface area contributed by atoms with Crippen molar-refractivity contribution in [2.24, 2.45) is 0 Å². The van der Waals surface area contributed by atoms with E-state index in [9.17, 15) is 9.59 Å². The van der Waals surface area contributed by atoms with Gasteiger partial charge in [-0.2, -0.15) is 4.98 Å². The Morgan fingerprint density at radius 2 is 2.19 bits per heavy atom. The van der Waals surface area contributed by atoms with Crippen LogP contribution in [-0.2, 0) is 22.4 Å². The molecule has 0 aliphatic carbocycles. The highest BCUT2D eigenvalue weighted by atomic mass is 32.1. The SMILES string of the molecule is CCOC(=O)c1cc(CC)sc1NC(=O)CCc1nc(-c2cccs2)no1. The van der Waals surface area contributed by atoms with Crippen molar-refractivity contribution < 1.29 is 18.8 Å². The van der Waals surface area contributed by atoms with Gasteiger partial charge in [0.1, 0.15) is 5.00 Å². The minimum Gasteiger partial charge on any atom is -0.462 e. The maximum absolute atomic E-state index is 12.3. The number of amides is 1. The van der Waals surface area contributed by atoms with Gasteiger partial charge in [0.25, 0.3) is 0 Å². The normalized spacial score (nSPS) is 10.7. The van der Waals surface area contributed by atoms with Crippen molar-refractivity contribution in [2.45, 2.75) is 33.1 Å². The Labute approximate surface area is 164 Å². The maximum atomic E-state index is 12.3. The number of nitrogens with zero attached hydrogens (tertiary/aromatic N) is 2. The van der Waals surface area contributed by atoms with Gasteiger partial charge in [-0.15, -0.1) is 22.7 Å². The summed E-state index contributed by atoms with van der Waals surface area (Å²) in [6, 6.07) is 5.59. The molecule has 9 heteroatoms. The first kappa shape index (κ1) is 19.2. The van der Waals surface area contributed by atoms with Crippen molar-refractivity contribution in [1.82, 2.24) is 10.1 Å². The first-order valence-corrected chi connectivity index (χ1v) is 10.3. The molecule has 0 aliphatic heterocycles. The molecule has 1 N–H and O–H groups in total. The van der Waals surface area contributed by atoms with Gasteiger partial charge in [0, 0.05) is 17.7 Å². The number of hydrogen-bond acceptors (Lipinski definition) is 8. The van der Waals surface area contributed by atoms with Gasteiger partial charge in [0.2, 0.25) is 17.6 Å². The van der Waals surface area contributed by atoms with Crippen LogP contribution in [0.15, 0.2) is 28.1 Å². The third kappa shape index (κ3) is 4.81. The van der Waals surface area contributed by atoms with Crippen molar-refractivity contribution in [2.75, 3.05) is 11.9 Å². The van der Waals surface area contributed by atoms with Crippen molar-refractivity contribution in [3.05, 3.63) is 39.9 Å². The number of rotatable bonds is 8. The molecular formula is C18H19N3O4S2. The first-order valence-electron chi connectivity index (χ1n) is 8.56. The summed E-state index contributed by atoms with van der Waals surface area (Å²) in [6.45, 7) is 4.03. The van der Waals surface area contributed by atoms with E-state index in [2.05, 4.69) is 15.5 Å². The molecule has 142 valence electrons. The van der Waals surface area contributed by atoms with Gasteiger partial charge < -0.3 is 14.6 Å². The molecule has 0 radical (unpaired) electrons. The van der Waals surface area contributed by atoms with Gasteiger partial charge in [-0.3, -0.25) is 4.79 Å². The topological polar surface area (TPSA) is 94.3 Å². The lowest BCUT2D eigenvalue weighted by atomic mass is 10.2. The van der Waals surface area contributed by atoms with E-state index in [-0.39, 0.29) is 18.9 Å². The number of ether oxygens (including phenoxy) is 1. The van der Waals surface area contributed by atoms with Crippen LogP contribution in [0.2, 0.25) is 0 Å². The Balaban J connectivity index is 1.61. The van der Waals surface area contributed by atoms with Crippen LogP contribution in [0.3, 0.4) is 0 Å². The van der Waals surface area contributed by atoms with Gasteiger partial charge in [0.05, 0.1) is 17.0 Å². The third-order valence-electron chi connectivity index (χ3n) is 3.66. The Morgan fingerprint density at radius 1 is 1.33 bits per heavy atom. The third-order valence-corrected chi connectivity index (χ3v) is 5.72. The number of thiophene rings is 2. The molecule has 0 unspecified atom stereocenters. The first-order chi connectivity index (χ1) is 13.1. The lowest BCUT2D eigenvalue weighted by Crippen LogP contribution is -2.14. The monoisotopic (exact) mass is 405 g/mol. The van der Waals surface area contributed by atoms with Crippen molar-refractivity contribution in [3.8, 4) is 10.7 Å². The summed E-state index contributed by atoms with van der Waals surface area (Å²) < 4.78 is 10.3. The fourth-order valence-corrected chi connectivity index (χ4v) is 3.99.